The highest BCUT2D eigenvalue weighted by Gasteiger charge is 2.45. The maximum absolute atomic E-state index is 15.3. The molecule has 2 N–H and O–H groups in total. The van der Waals surface area contributed by atoms with Crippen molar-refractivity contribution in [2.75, 3.05) is 0 Å². The number of hydrogen-bond acceptors (Lipinski definition) is 3. The minimum atomic E-state index is -1.32. The summed E-state index contributed by atoms with van der Waals surface area (Å²) >= 11 is 0. The third-order valence-corrected chi connectivity index (χ3v) is 19.2. The Balaban J connectivity index is 2.00. The zero-order chi connectivity index (χ0) is 54.9. The number of carbonyl (C=O) groups excluding carboxylic acids is 1. The van der Waals surface area contributed by atoms with E-state index in [1.54, 1.807) is 0 Å². The van der Waals surface area contributed by atoms with E-state index in [0.717, 1.165) is 33.4 Å². The first-order valence-corrected chi connectivity index (χ1v) is 29.5. The van der Waals surface area contributed by atoms with Crippen LogP contribution in [0.2, 0.25) is 0 Å². The van der Waals surface area contributed by atoms with Crippen molar-refractivity contribution >= 4 is 19.0 Å². The van der Waals surface area contributed by atoms with Gasteiger partial charge in [0.05, 0.1) is 0 Å². The number of rotatable bonds is 11. The van der Waals surface area contributed by atoms with Crippen LogP contribution in [0.1, 0.15) is 293 Å². The van der Waals surface area contributed by atoms with Gasteiger partial charge in [-0.1, -0.05) is 241 Å². The zero-order valence-corrected chi connectivity index (χ0v) is 51.0. The van der Waals surface area contributed by atoms with E-state index in [-0.39, 0.29) is 62.4 Å². The number of benzene rings is 5. The Morgan fingerprint density at radius 3 is 0.904 bits per heavy atom. The van der Waals surface area contributed by atoms with E-state index >= 15 is 4.79 Å². The lowest BCUT2D eigenvalue weighted by atomic mass is 9.77. The van der Waals surface area contributed by atoms with Crippen LogP contribution in [0, 0.1) is 0 Å². The van der Waals surface area contributed by atoms with Gasteiger partial charge in [-0.05, 0) is 151 Å². The second-order valence-electron chi connectivity index (χ2n) is 28.1. The molecular weight excluding hydrogens is 908 g/mol. The molecule has 0 aliphatic carbocycles. The monoisotopic (exact) mass is 1000 g/mol. The van der Waals surface area contributed by atoms with Crippen molar-refractivity contribution in [2.24, 2.45) is 0 Å². The Morgan fingerprint density at radius 1 is 0.425 bits per heavy atom. The second-order valence-corrected chi connectivity index (χ2v) is 30.6. The van der Waals surface area contributed by atoms with Crippen molar-refractivity contribution in [3.05, 3.63) is 133 Å². The number of aromatic hydroxyl groups is 2. The van der Waals surface area contributed by atoms with Crippen LogP contribution in [0.3, 0.4) is 0 Å². The lowest BCUT2D eigenvalue weighted by molar-refractivity contribution is -0.119. The van der Waals surface area contributed by atoms with E-state index in [9.17, 15) is 10.2 Å². The molecule has 0 radical (unpaired) electrons. The van der Waals surface area contributed by atoms with Gasteiger partial charge >= 0.3 is 0 Å². The molecule has 1 heterocycles. The van der Waals surface area contributed by atoms with Crippen LogP contribution in [-0.4, -0.2) is 16.0 Å². The third kappa shape index (κ3) is 11.8. The highest BCUT2D eigenvalue weighted by atomic mass is 31.1. The molecule has 73 heavy (non-hydrogen) atoms. The Hall–Kier alpha value is -4.20. The minimum Gasteiger partial charge on any atom is -0.507 e. The van der Waals surface area contributed by atoms with Gasteiger partial charge in [0.2, 0.25) is 0 Å². The summed E-state index contributed by atoms with van der Waals surface area (Å²) in [6, 6.07) is 26.4. The van der Waals surface area contributed by atoms with Crippen LogP contribution in [-0.2, 0) is 26.5 Å². The van der Waals surface area contributed by atoms with E-state index in [4.69, 9.17) is 0 Å². The molecule has 0 saturated carbocycles. The summed E-state index contributed by atoms with van der Waals surface area (Å²) in [5.41, 5.74) is 17.6. The maximum atomic E-state index is 15.3. The molecule has 1 aliphatic rings. The quantitative estimate of drug-likeness (QED) is 0.130. The van der Waals surface area contributed by atoms with Gasteiger partial charge in [-0.15, -0.1) is 0 Å². The topological polar surface area (TPSA) is 57.5 Å². The number of phenolic OH excluding ortho intramolecular Hbond substituents is 2. The molecular formula is C69H97O3P. The van der Waals surface area contributed by atoms with E-state index in [0.29, 0.717) is 36.2 Å². The Labute approximate surface area is 446 Å². The Bertz CT molecular complexity index is 2520. The molecule has 6 rings (SSSR count). The maximum Gasteiger partial charge on any atom is 0.134 e. The predicted molar refractivity (Wildman–Crippen MR) is 319 cm³/mol. The van der Waals surface area contributed by atoms with Crippen LogP contribution in [0.15, 0.2) is 66.7 Å². The van der Waals surface area contributed by atoms with Gasteiger partial charge in [0.1, 0.15) is 17.3 Å². The average Bonchev–Trinajstić information content (AvgIpc) is 3.26. The third-order valence-electron chi connectivity index (χ3n) is 15.9. The molecule has 1 fully saturated rings. The number of ketones is 1. The van der Waals surface area contributed by atoms with Crippen molar-refractivity contribution in [3.8, 4) is 33.8 Å². The van der Waals surface area contributed by atoms with E-state index in [2.05, 4.69) is 233 Å². The van der Waals surface area contributed by atoms with Gasteiger partial charge < -0.3 is 10.2 Å². The summed E-state index contributed by atoms with van der Waals surface area (Å²) < 4.78 is 0. The molecule has 0 amide bonds. The number of Topliss-reactive ketones (excluding diaryl/α,β-unsaturated/α-hetero) is 1. The molecule has 1 aliphatic heterocycles. The highest BCUT2D eigenvalue weighted by molar-refractivity contribution is 7.67. The first-order chi connectivity index (χ1) is 33.5. The number of carbonyl (C=O) groups is 1. The summed E-state index contributed by atoms with van der Waals surface area (Å²) in [6.45, 7) is 54.6. The Morgan fingerprint density at radius 2 is 0.685 bits per heavy atom. The van der Waals surface area contributed by atoms with Crippen molar-refractivity contribution in [2.45, 2.75) is 247 Å². The summed E-state index contributed by atoms with van der Waals surface area (Å²) in [5, 5.41) is 26.0. The smallest absolute Gasteiger partial charge is 0.134 e. The molecule has 0 spiro atoms. The molecule has 4 heteroatoms. The van der Waals surface area contributed by atoms with Gasteiger partial charge in [-0.25, -0.2) is 0 Å². The fourth-order valence-corrected chi connectivity index (χ4v) is 15.3. The van der Waals surface area contributed by atoms with Crippen molar-refractivity contribution in [3.63, 3.8) is 0 Å². The van der Waals surface area contributed by atoms with Gasteiger partial charge in [0.15, 0.2) is 0 Å². The Kier molecular flexibility index (Phi) is 16.8. The van der Waals surface area contributed by atoms with Crippen LogP contribution >= 0.6 is 7.92 Å². The van der Waals surface area contributed by atoms with Gasteiger partial charge in [0, 0.05) is 24.2 Å². The lowest BCUT2D eigenvalue weighted by Crippen LogP contribution is -2.28. The summed E-state index contributed by atoms with van der Waals surface area (Å²) in [4.78, 5) is 15.3. The summed E-state index contributed by atoms with van der Waals surface area (Å²) in [5.74, 6) is 2.71. The molecule has 2 atom stereocenters. The standard InChI is InChI=1S/C69H97O3P/c1-38(2)44-28-51(40(5)6)61(52(29-44)41(7)8)49-26-25-27-50(62-53(42(9)10)30-45(39(3)4)31-54(62)43(11)12)65(49)73-59(46-32-55(66(13,14)15)63(71)56(33-46)67(16,17)18)36-48(70)37-60(73)47-34-57(68(19,20)21)64(72)58(35-47)69(22,23)24/h25-35,38-43,59-60,71-72H,36-37H2,1-24H3. The number of phenols is 2. The average molecular weight is 1010 g/mol. The van der Waals surface area contributed by atoms with Gasteiger partial charge in [-0.2, -0.15) is 0 Å². The molecule has 2 unspecified atom stereocenters. The highest BCUT2D eigenvalue weighted by Crippen LogP contribution is 2.69. The fraction of sp³-hybridized carbons (Fsp3) is 0.551. The van der Waals surface area contributed by atoms with Crippen molar-refractivity contribution < 1.29 is 15.0 Å². The largest absolute Gasteiger partial charge is 0.507 e. The minimum absolute atomic E-state index is 0.186. The van der Waals surface area contributed by atoms with E-state index < -0.39 is 7.92 Å². The van der Waals surface area contributed by atoms with Crippen LogP contribution in [0.5, 0.6) is 11.5 Å². The van der Waals surface area contributed by atoms with Gasteiger partial charge in [0.25, 0.3) is 0 Å². The van der Waals surface area contributed by atoms with Gasteiger partial charge in [-0.3, -0.25) is 4.79 Å². The van der Waals surface area contributed by atoms with Crippen LogP contribution < -0.4 is 5.30 Å². The number of hydrogen-bond donors (Lipinski definition) is 2. The first kappa shape index (κ1) is 58.1. The van der Waals surface area contributed by atoms with Crippen molar-refractivity contribution in [1.82, 2.24) is 0 Å². The molecule has 0 aromatic heterocycles. The molecule has 1 saturated heterocycles. The molecule has 5 aromatic carbocycles. The SMILES string of the molecule is CC(C)c1cc(C(C)C)c(-c2cccc(-c3c(C(C)C)cc(C(C)C)cc3C(C)C)c2P2C(c3cc(C(C)(C)C)c(O)c(C(C)(C)C)c3)CC(=O)CC2c2cc(C(C)(C)C)c(O)c(C(C)(C)C)c2)c(C(C)C)c1. The molecule has 5 aromatic rings. The molecule has 0 bridgehead atoms. The van der Waals surface area contributed by atoms with E-state index in [1.807, 2.05) is 0 Å². The summed E-state index contributed by atoms with van der Waals surface area (Å²) in [7, 11) is -1.32. The molecule has 3 nitrogen and oxygen atoms in total. The second kappa shape index (κ2) is 21.1. The van der Waals surface area contributed by atoms with Crippen LogP contribution in [0.25, 0.3) is 22.3 Å². The lowest BCUT2D eigenvalue weighted by Gasteiger charge is -2.43. The first-order valence-electron chi connectivity index (χ1n) is 28.0. The van der Waals surface area contributed by atoms with Crippen LogP contribution in [0.4, 0.5) is 0 Å². The van der Waals surface area contributed by atoms with E-state index in [1.165, 1.54) is 60.9 Å². The zero-order valence-electron chi connectivity index (χ0n) is 50.1. The summed E-state index contributed by atoms with van der Waals surface area (Å²) in [6.07, 6.45) is 0.815. The molecule has 396 valence electrons. The van der Waals surface area contributed by atoms with Crippen molar-refractivity contribution in [1.29, 1.82) is 0 Å². The fourth-order valence-electron chi connectivity index (χ4n) is 11.5. The predicted octanol–water partition coefficient (Wildman–Crippen LogP) is 20.3. The normalized spacial score (nSPS) is 17.4.